The molecular weight excluding hydrogens is 304 g/mol. The molecular formula is C19H24N2O3. The fraction of sp³-hybridized carbons (Fsp3) is 0.316. The smallest absolute Gasteiger partial charge is 0.450 e. The van der Waals surface area contributed by atoms with E-state index in [4.69, 9.17) is 26.5 Å². The number of anilines is 2. The van der Waals surface area contributed by atoms with Crippen LogP contribution in [0.3, 0.4) is 0 Å². The third kappa shape index (κ3) is 4.19. The first-order chi connectivity index (χ1) is 11.4. The van der Waals surface area contributed by atoms with Crippen molar-refractivity contribution in [3.05, 3.63) is 59.7 Å². The van der Waals surface area contributed by atoms with Crippen molar-refractivity contribution in [3.8, 4) is 0 Å². The van der Waals surface area contributed by atoms with Crippen molar-refractivity contribution in [2.45, 2.75) is 37.5 Å². The average molecular weight is 328 g/mol. The van der Waals surface area contributed by atoms with Crippen LogP contribution in [0.5, 0.6) is 0 Å². The molecule has 0 heterocycles. The van der Waals surface area contributed by atoms with Crippen LogP contribution >= 0.6 is 0 Å². The Hall–Kier alpha value is -2.69. The number of benzene rings is 2. The second kappa shape index (κ2) is 7.73. The SMILES string of the molecule is Nc1ccc(C2(c3ccc(N)cc3)CCCCC2)cc1.O=C(O)O. The molecule has 2 aromatic carbocycles. The van der Waals surface area contributed by atoms with Gasteiger partial charge < -0.3 is 21.7 Å². The predicted molar refractivity (Wildman–Crippen MR) is 96.2 cm³/mol. The fourth-order valence-electron chi connectivity index (χ4n) is 3.50. The van der Waals surface area contributed by atoms with Gasteiger partial charge in [-0.3, -0.25) is 0 Å². The molecule has 0 spiro atoms. The van der Waals surface area contributed by atoms with E-state index in [9.17, 15) is 0 Å². The molecule has 5 heteroatoms. The van der Waals surface area contributed by atoms with Crippen LogP contribution < -0.4 is 11.5 Å². The summed E-state index contributed by atoms with van der Waals surface area (Å²) in [4.78, 5) is 8.56. The Bertz CT molecular complexity index is 609. The van der Waals surface area contributed by atoms with Crippen LogP contribution in [0.15, 0.2) is 48.5 Å². The molecule has 0 aliphatic heterocycles. The quantitative estimate of drug-likeness (QED) is 0.614. The topological polar surface area (TPSA) is 110 Å². The molecule has 1 fully saturated rings. The summed E-state index contributed by atoms with van der Waals surface area (Å²) in [5, 5.41) is 13.9. The molecule has 128 valence electrons. The number of rotatable bonds is 2. The van der Waals surface area contributed by atoms with E-state index in [-0.39, 0.29) is 5.41 Å². The minimum absolute atomic E-state index is 0.139. The normalized spacial score (nSPS) is 15.8. The predicted octanol–water partition coefficient (Wildman–Crippen LogP) is 4.32. The first kappa shape index (κ1) is 17.7. The molecule has 0 radical (unpaired) electrons. The molecule has 24 heavy (non-hydrogen) atoms. The van der Waals surface area contributed by atoms with Gasteiger partial charge in [0.1, 0.15) is 0 Å². The van der Waals surface area contributed by atoms with Crippen LogP contribution in [-0.4, -0.2) is 16.4 Å². The van der Waals surface area contributed by atoms with E-state index < -0.39 is 6.16 Å². The summed E-state index contributed by atoms with van der Waals surface area (Å²) < 4.78 is 0. The van der Waals surface area contributed by atoms with Crippen LogP contribution in [0.4, 0.5) is 16.2 Å². The summed E-state index contributed by atoms with van der Waals surface area (Å²) in [6.07, 6.45) is 4.50. The summed E-state index contributed by atoms with van der Waals surface area (Å²) in [7, 11) is 0. The van der Waals surface area contributed by atoms with E-state index in [1.54, 1.807) is 0 Å². The Morgan fingerprint density at radius 1 is 0.750 bits per heavy atom. The van der Waals surface area contributed by atoms with Gasteiger partial charge in [-0.05, 0) is 48.2 Å². The van der Waals surface area contributed by atoms with Gasteiger partial charge in [0.25, 0.3) is 0 Å². The Labute approximate surface area is 141 Å². The molecule has 2 aromatic rings. The van der Waals surface area contributed by atoms with Gasteiger partial charge in [-0.25, -0.2) is 4.79 Å². The number of carbonyl (C=O) groups is 1. The molecule has 0 atom stereocenters. The standard InChI is InChI=1S/C18H22N2.CH2O3/c19-16-8-4-14(5-9-16)18(12-2-1-3-13-18)15-6-10-17(20)11-7-15;2-1(3)4/h4-11H,1-3,12-13,19-20H2;(H2,2,3,4). The first-order valence-electron chi connectivity index (χ1n) is 8.08. The summed E-state index contributed by atoms with van der Waals surface area (Å²) in [6, 6.07) is 16.8. The van der Waals surface area contributed by atoms with Gasteiger partial charge in [0, 0.05) is 16.8 Å². The second-order valence-electron chi connectivity index (χ2n) is 6.17. The Morgan fingerprint density at radius 3 is 1.42 bits per heavy atom. The van der Waals surface area contributed by atoms with Crippen molar-refractivity contribution in [1.29, 1.82) is 0 Å². The third-order valence-electron chi connectivity index (χ3n) is 4.63. The van der Waals surface area contributed by atoms with E-state index >= 15 is 0 Å². The van der Waals surface area contributed by atoms with Gasteiger partial charge >= 0.3 is 6.16 Å². The second-order valence-corrected chi connectivity index (χ2v) is 6.17. The largest absolute Gasteiger partial charge is 0.503 e. The number of hydrogen-bond donors (Lipinski definition) is 4. The zero-order valence-electron chi connectivity index (χ0n) is 13.6. The van der Waals surface area contributed by atoms with E-state index in [1.165, 1.54) is 43.2 Å². The lowest BCUT2D eigenvalue weighted by Gasteiger charge is -2.38. The number of nitrogen functional groups attached to an aromatic ring is 2. The molecule has 5 nitrogen and oxygen atoms in total. The molecule has 3 rings (SSSR count). The molecule has 1 aliphatic carbocycles. The maximum atomic E-state index is 8.56. The first-order valence-corrected chi connectivity index (χ1v) is 8.08. The highest BCUT2D eigenvalue weighted by atomic mass is 16.6. The molecule has 6 N–H and O–H groups in total. The van der Waals surface area contributed by atoms with Crippen molar-refractivity contribution >= 4 is 17.5 Å². The van der Waals surface area contributed by atoms with E-state index in [2.05, 4.69) is 24.3 Å². The van der Waals surface area contributed by atoms with Gasteiger partial charge in [0.15, 0.2) is 0 Å². The fourth-order valence-corrected chi connectivity index (χ4v) is 3.50. The maximum Gasteiger partial charge on any atom is 0.503 e. The molecule has 0 amide bonds. The molecule has 1 aliphatic rings. The average Bonchev–Trinajstić information content (AvgIpc) is 2.56. The van der Waals surface area contributed by atoms with Crippen molar-refractivity contribution in [2.24, 2.45) is 0 Å². The summed E-state index contributed by atoms with van der Waals surface area (Å²) in [5.74, 6) is 0. The number of carboxylic acid groups (broad SMARTS) is 2. The summed E-state index contributed by atoms with van der Waals surface area (Å²) in [5.41, 5.74) is 16.3. The van der Waals surface area contributed by atoms with Crippen molar-refractivity contribution in [3.63, 3.8) is 0 Å². The van der Waals surface area contributed by atoms with E-state index in [0.717, 1.165) is 11.4 Å². The molecule has 0 unspecified atom stereocenters. The van der Waals surface area contributed by atoms with Gasteiger partial charge in [0.05, 0.1) is 0 Å². The van der Waals surface area contributed by atoms with Crippen molar-refractivity contribution in [1.82, 2.24) is 0 Å². The van der Waals surface area contributed by atoms with Crippen molar-refractivity contribution < 1.29 is 15.0 Å². The molecule has 1 saturated carbocycles. The number of hydrogen-bond acceptors (Lipinski definition) is 3. The third-order valence-corrected chi connectivity index (χ3v) is 4.63. The Morgan fingerprint density at radius 2 is 1.08 bits per heavy atom. The van der Waals surface area contributed by atoms with Crippen LogP contribution in [-0.2, 0) is 5.41 Å². The van der Waals surface area contributed by atoms with Gasteiger partial charge in [-0.1, -0.05) is 43.5 Å². The lowest BCUT2D eigenvalue weighted by Crippen LogP contribution is -2.30. The van der Waals surface area contributed by atoms with Gasteiger partial charge in [0.2, 0.25) is 0 Å². The summed E-state index contributed by atoms with van der Waals surface area (Å²) >= 11 is 0. The van der Waals surface area contributed by atoms with Gasteiger partial charge in [-0.15, -0.1) is 0 Å². The highest BCUT2D eigenvalue weighted by Crippen LogP contribution is 2.45. The molecule has 0 aromatic heterocycles. The zero-order chi connectivity index (χ0) is 17.6. The molecule has 0 saturated heterocycles. The van der Waals surface area contributed by atoms with E-state index in [1.807, 2.05) is 24.3 Å². The van der Waals surface area contributed by atoms with Crippen LogP contribution in [0.25, 0.3) is 0 Å². The minimum Gasteiger partial charge on any atom is -0.450 e. The summed E-state index contributed by atoms with van der Waals surface area (Å²) in [6.45, 7) is 0. The van der Waals surface area contributed by atoms with Crippen LogP contribution in [0, 0.1) is 0 Å². The van der Waals surface area contributed by atoms with E-state index in [0.29, 0.717) is 0 Å². The lowest BCUT2D eigenvalue weighted by molar-refractivity contribution is 0.137. The van der Waals surface area contributed by atoms with Crippen molar-refractivity contribution in [2.75, 3.05) is 11.5 Å². The zero-order valence-corrected chi connectivity index (χ0v) is 13.6. The Kier molecular flexibility index (Phi) is 5.68. The lowest BCUT2D eigenvalue weighted by atomic mass is 9.65. The highest BCUT2D eigenvalue weighted by Gasteiger charge is 2.35. The van der Waals surface area contributed by atoms with Crippen LogP contribution in [0.2, 0.25) is 0 Å². The number of nitrogens with two attached hydrogens (primary N) is 2. The molecule has 0 bridgehead atoms. The minimum atomic E-state index is -1.83. The Balaban J connectivity index is 0.000000471. The monoisotopic (exact) mass is 328 g/mol. The van der Waals surface area contributed by atoms with Gasteiger partial charge in [-0.2, -0.15) is 0 Å². The maximum absolute atomic E-state index is 8.56. The highest BCUT2D eigenvalue weighted by molar-refractivity contribution is 5.53. The van der Waals surface area contributed by atoms with Crippen LogP contribution in [0.1, 0.15) is 43.2 Å².